The third-order valence-corrected chi connectivity index (χ3v) is 6.54. The number of H-pyrrole nitrogens is 1. The van der Waals surface area contributed by atoms with Crippen LogP contribution in [-0.2, 0) is 22.7 Å². The number of aryl methyl sites for hydroxylation is 3. The fourth-order valence-corrected chi connectivity index (χ4v) is 4.81. The number of nitrogens with zero attached hydrogens (tertiary/aromatic N) is 1. The molecule has 0 unspecified atom stereocenters. The molecule has 5 heteroatoms. The number of hydrogen-bond donors (Lipinski definition) is 1. The number of hydrogen-bond acceptors (Lipinski definition) is 3. The van der Waals surface area contributed by atoms with E-state index in [0.717, 1.165) is 34.0 Å². The van der Waals surface area contributed by atoms with Gasteiger partial charge < -0.3 is 4.98 Å². The second kappa shape index (κ2) is 7.00. The van der Waals surface area contributed by atoms with Crippen molar-refractivity contribution in [3.8, 4) is 0 Å². The van der Waals surface area contributed by atoms with E-state index < -0.39 is 9.84 Å². The van der Waals surface area contributed by atoms with E-state index in [1.54, 1.807) is 18.3 Å². The zero-order valence-corrected chi connectivity index (χ0v) is 15.8. The van der Waals surface area contributed by atoms with Crippen LogP contribution in [0.5, 0.6) is 0 Å². The number of rotatable bonds is 5. The summed E-state index contributed by atoms with van der Waals surface area (Å²) in [6.45, 7) is 1.94. The lowest BCUT2D eigenvalue weighted by molar-refractivity contribution is 0.592. The second-order valence-corrected chi connectivity index (χ2v) is 8.54. The summed E-state index contributed by atoms with van der Waals surface area (Å²) in [4.78, 5) is 7.61. The van der Waals surface area contributed by atoms with Gasteiger partial charge in [-0.25, -0.2) is 8.42 Å². The summed E-state index contributed by atoms with van der Waals surface area (Å²) >= 11 is 0. The smallest absolute Gasteiger partial charge is 0.222 e. The zero-order valence-electron chi connectivity index (χ0n) is 15.0. The van der Waals surface area contributed by atoms with Crippen LogP contribution >= 0.6 is 0 Å². The first kappa shape index (κ1) is 17.5. The highest BCUT2D eigenvalue weighted by atomic mass is 32.2. The Morgan fingerprint density at radius 1 is 0.926 bits per heavy atom. The molecule has 0 amide bonds. The maximum Gasteiger partial charge on any atom is 0.222 e. The Balaban J connectivity index is 1.81. The topological polar surface area (TPSA) is 62.8 Å². The molecule has 0 spiro atoms. The van der Waals surface area contributed by atoms with E-state index in [4.69, 9.17) is 0 Å². The SMILES string of the molecule is Cc1ccc(S(=O)(=O)c2[nH]c3ccccc3c2CCc2cccnc2)cc1. The first-order valence-electron chi connectivity index (χ1n) is 8.86. The van der Waals surface area contributed by atoms with Gasteiger partial charge in [0, 0.05) is 23.3 Å². The first-order chi connectivity index (χ1) is 13.1. The van der Waals surface area contributed by atoms with Gasteiger partial charge in [0.25, 0.3) is 0 Å². The van der Waals surface area contributed by atoms with Crippen molar-refractivity contribution in [2.75, 3.05) is 0 Å². The minimum atomic E-state index is -3.62. The third-order valence-electron chi connectivity index (χ3n) is 4.76. The van der Waals surface area contributed by atoms with Crippen molar-refractivity contribution < 1.29 is 8.42 Å². The number of pyridine rings is 1. The Morgan fingerprint density at radius 2 is 1.70 bits per heavy atom. The van der Waals surface area contributed by atoms with Crippen molar-refractivity contribution >= 4 is 20.7 Å². The molecule has 136 valence electrons. The van der Waals surface area contributed by atoms with Crippen LogP contribution in [0.15, 0.2) is 83.0 Å². The van der Waals surface area contributed by atoms with Gasteiger partial charge in [0.2, 0.25) is 9.84 Å². The van der Waals surface area contributed by atoms with Crippen LogP contribution in [0.3, 0.4) is 0 Å². The van der Waals surface area contributed by atoms with Gasteiger partial charge in [-0.05, 0) is 55.2 Å². The van der Waals surface area contributed by atoms with Crippen LogP contribution < -0.4 is 0 Å². The van der Waals surface area contributed by atoms with E-state index in [0.29, 0.717) is 11.3 Å². The van der Waals surface area contributed by atoms with Crippen LogP contribution in [0, 0.1) is 6.92 Å². The Labute approximate surface area is 158 Å². The second-order valence-electron chi connectivity index (χ2n) is 6.66. The van der Waals surface area contributed by atoms with Gasteiger partial charge in [-0.3, -0.25) is 4.98 Å². The lowest BCUT2D eigenvalue weighted by atomic mass is 10.1. The molecular weight excluding hydrogens is 356 g/mol. The molecule has 0 aliphatic rings. The molecule has 4 nitrogen and oxygen atoms in total. The highest BCUT2D eigenvalue weighted by Gasteiger charge is 2.25. The van der Waals surface area contributed by atoms with E-state index in [-0.39, 0.29) is 5.03 Å². The summed E-state index contributed by atoms with van der Waals surface area (Å²) in [5, 5.41) is 1.24. The lowest BCUT2D eigenvalue weighted by Crippen LogP contribution is -2.06. The monoisotopic (exact) mass is 376 g/mol. The molecular formula is C22H20N2O2S. The molecule has 0 fully saturated rings. The number of fused-ring (bicyclic) bond motifs is 1. The van der Waals surface area contributed by atoms with Crippen molar-refractivity contribution in [1.29, 1.82) is 0 Å². The van der Waals surface area contributed by atoms with E-state index in [1.165, 1.54) is 0 Å². The van der Waals surface area contributed by atoms with Crippen LogP contribution in [0.2, 0.25) is 0 Å². The van der Waals surface area contributed by atoms with Gasteiger partial charge in [-0.1, -0.05) is 42.0 Å². The fourth-order valence-electron chi connectivity index (χ4n) is 3.30. The minimum absolute atomic E-state index is 0.288. The van der Waals surface area contributed by atoms with E-state index in [2.05, 4.69) is 9.97 Å². The number of nitrogens with one attached hydrogen (secondary N) is 1. The summed E-state index contributed by atoms with van der Waals surface area (Å²) in [6, 6.07) is 18.6. The first-order valence-corrected chi connectivity index (χ1v) is 10.3. The maximum atomic E-state index is 13.3. The molecule has 2 aromatic heterocycles. The van der Waals surface area contributed by atoms with E-state index in [1.807, 2.05) is 61.7 Å². The Hall–Kier alpha value is -2.92. The predicted octanol–water partition coefficient (Wildman–Crippen LogP) is 4.49. The quantitative estimate of drug-likeness (QED) is 0.558. The molecule has 0 radical (unpaired) electrons. The number of sulfone groups is 1. The Morgan fingerprint density at radius 3 is 2.44 bits per heavy atom. The maximum absolute atomic E-state index is 13.3. The standard InChI is InChI=1S/C22H20N2O2S/c1-16-8-11-18(12-9-16)27(25,26)22-20(13-10-17-5-4-14-23-15-17)19-6-2-3-7-21(19)24-22/h2-9,11-12,14-15,24H,10,13H2,1H3. The highest BCUT2D eigenvalue weighted by molar-refractivity contribution is 7.91. The summed E-state index contributed by atoms with van der Waals surface area (Å²) in [5.74, 6) is 0. The molecule has 0 aliphatic heterocycles. The molecule has 0 bridgehead atoms. The molecule has 0 saturated heterocycles. The van der Waals surface area contributed by atoms with E-state index >= 15 is 0 Å². The van der Waals surface area contributed by atoms with Gasteiger partial charge in [0.1, 0.15) is 5.03 Å². The zero-order chi connectivity index (χ0) is 18.9. The number of aromatic nitrogens is 2. The minimum Gasteiger partial charge on any atom is -0.345 e. The van der Waals surface area contributed by atoms with Gasteiger partial charge in [-0.2, -0.15) is 0 Å². The van der Waals surface area contributed by atoms with Crippen LogP contribution in [0.4, 0.5) is 0 Å². The van der Waals surface area contributed by atoms with Gasteiger partial charge in [0.05, 0.1) is 4.90 Å². The van der Waals surface area contributed by atoms with Gasteiger partial charge in [0.15, 0.2) is 0 Å². The van der Waals surface area contributed by atoms with Crippen LogP contribution in [-0.4, -0.2) is 18.4 Å². The van der Waals surface area contributed by atoms with Gasteiger partial charge >= 0.3 is 0 Å². The Kier molecular flexibility index (Phi) is 4.54. The lowest BCUT2D eigenvalue weighted by Gasteiger charge is -2.07. The van der Waals surface area contributed by atoms with Crippen molar-refractivity contribution in [3.63, 3.8) is 0 Å². The molecule has 0 saturated carbocycles. The highest BCUT2D eigenvalue weighted by Crippen LogP contribution is 2.31. The third kappa shape index (κ3) is 3.38. The number of benzene rings is 2. The summed E-state index contributed by atoms with van der Waals surface area (Å²) in [5.41, 5.74) is 3.78. The van der Waals surface area contributed by atoms with Crippen molar-refractivity contribution in [1.82, 2.24) is 9.97 Å². The molecule has 0 atom stereocenters. The summed E-state index contributed by atoms with van der Waals surface area (Å²) in [6.07, 6.45) is 4.91. The van der Waals surface area contributed by atoms with Crippen molar-refractivity contribution in [2.24, 2.45) is 0 Å². The summed E-state index contributed by atoms with van der Waals surface area (Å²) in [7, 11) is -3.62. The van der Waals surface area contributed by atoms with Crippen molar-refractivity contribution in [3.05, 3.63) is 89.7 Å². The van der Waals surface area contributed by atoms with Crippen molar-refractivity contribution in [2.45, 2.75) is 29.7 Å². The Bertz CT molecular complexity index is 1180. The van der Waals surface area contributed by atoms with Gasteiger partial charge in [-0.15, -0.1) is 0 Å². The average molecular weight is 376 g/mol. The summed E-state index contributed by atoms with van der Waals surface area (Å²) < 4.78 is 26.6. The normalized spacial score (nSPS) is 11.7. The molecule has 2 heterocycles. The predicted molar refractivity (Wildman–Crippen MR) is 107 cm³/mol. The molecule has 27 heavy (non-hydrogen) atoms. The fraction of sp³-hybridized carbons (Fsp3) is 0.136. The average Bonchev–Trinajstić information content (AvgIpc) is 3.07. The largest absolute Gasteiger partial charge is 0.345 e. The van der Waals surface area contributed by atoms with Crippen LogP contribution in [0.1, 0.15) is 16.7 Å². The molecule has 2 aromatic carbocycles. The van der Waals surface area contributed by atoms with E-state index in [9.17, 15) is 8.42 Å². The number of para-hydroxylation sites is 1. The number of aromatic amines is 1. The molecule has 4 aromatic rings. The molecule has 4 rings (SSSR count). The van der Waals surface area contributed by atoms with Crippen LogP contribution in [0.25, 0.3) is 10.9 Å². The molecule has 0 aliphatic carbocycles. The molecule has 1 N–H and O–H groups in total.